The molecule has 1 aliphatic carbocycles. The minimum absolute atomic E-state index is 0. The minimum Gasteiger partial charge on any atom is -0.370 e. The Morgan fingerprint density at radius 2 is 1.69 bits per heavy atom. The lowest BCUT2D eigenvalue weighted by molar-refractivity contribution is 0.0652. The molecule has 0 spiro atoms. The van der Waals surface area contributed by atoms with Crippen LogP contribution < -0.4 is 11.1 Å². The second kappa shape index (κ2) is 9.89. The molecule has 1 aliphatic heterocycles. The highest BCUT2D eigenvalue weighted by molar-refractivity contribution is 14.0. The van der Waals surface area contributed by atoms with E-state index in [0.717, 1.165) is 25.7 Å². The topological polar surface area (TPSA) is 87.8 Å². The van der Waals surface area contributed by atoms with E-state index in [4.69, 9.17) is 5.73 Å². The number of guanidine groups is 1. The molecule has 1 aromatic carbocycles. The SMILES string of the molecule is I.NC(=NCCCCN1C(=O)c2ccccc2C1=O)NC1CCCCC1. The summed E-state index contributed by atoms with van der Waals surface area (Å²) in [6.45, 7) is 1.03. The third kappa shape index (κ3) is 4.96. The van der Waals surface area contributed by atoms with Crippen LogP contribution in [0.2, 0.25) is 0 Å². The van der Waals surface area contributed by atoms with Crippen LogP contribution in [0, 0.1) is 0 Å². The molecular weight excluding hydrogens is 443 g/mol. The molecule has 1 heterocycles. The third-order valence-electron chi connectivity index (χ3n) is 4.91. The first-order valence-electron chi connectivity index (χ1n) is 9.18. The molecule has 142 valence electrons. The van der Waals surface area contributed by atoms with Gasteiger partial charge in [0.05, 0.1) is 11.1 Å². The highest BCUT2D eigenvalue weighted by Crippen LogP contribution is 2.22. The Balaban J connectivity index is 0.00000243. The van der Waals surface area contributed by atoms with E-state index in [1.165, 1.54) is 24.2 Å². The van der Waals surface area contributed by atoms with E-state index in [1.54, 1.807) is 24.3 Å². The van der Waals surface area contributed by atoms with Gasteiger partial charge >= 0.3 is 0 Å². The fourth-order valence-electron chi connectivity index (χ4n) is 3.53. The number of amides is 2. The first kappa shape index (κ1) is 20.7. The molecule has 3 rings (SSSR count). The largest absolute Gasteiger partial charge is 0.370 e. The Kier molecular flexibility index (Phi) is 7.86. The minimum atomic E-state index is -0.192. The zero-order valence-corrected chi connectivity index (χ0v) is 17.3. The number of hydrogen-bond donors (Lipinski definition) is 2. The van der Waals surface area contributed by atoms with Gasteiger partial charge in [-0.15, -0.1) is 24.0 Å². The summed E-state index contributed by atoms with van der Waals surface area (Å²) < 4.78 is 0. The van der Waals surface area contributed by atoms with Gasteiger partial charge < -0.3 is 11.1 Å². The van der Waals surface area contributed by atoms with E-state index < -0.39 is 0 Å². The number of carbonyl (C=O) groups excluding carboxylic acids is 2. The van der Waals surface area contributed by atoms with Crippen LogP contribution in [0.5, 0.6) is 0 Å². The van der Waals surface area contributed by atoms with Crippen molar-refractivity contribution < 1.29 is 9.59 Å². The molecule has 0 radical (unpaired) electrons. The fourth-order valence-corrected chi connectivity index (χ4v) is 3.53. The van der Waals surface area contributed by atoms with Gasteiger partial charge in [0, 0.05) is 19.1 Å². The van der Waals surface area contributed by atoms with E-state index in [9.17, 15) is 9.59 Å². The molecule has 6 nitrogen and oxygen atoms in total. The lowest BCUT2D eigenvalue weighted by atomic mass is 9.96. The Hall–Kier alpha value is -1.64. The molecule has 0 unspecified atom stereocenters. The van der Waals surface area contributed by atoms with Gasteiger partial charge in [-0.25, -0.2) is 0 Å². The van der Waals surface area contributed by atoms with Crippen molar-refractivity contribution in [3.8, 4) is 0 Å². The number of benzene rings is 1. The Labute approximate surface area is 171 Å². The van der Waals surface area contributed by atoms with Crippen molar-refractivity contribution in [1.29, 1.82) is 0 Å². The maximum atomic E-state index is 12.2. The third-order valence-corrected chi connectivity index (χ3v) is 4.91. The van der Waals surface area contributed by atoms with E-state index in [0.29, 0.717) is 36.2 Å². The Bertz CT molecular complexity index is 636. The fraction of sp³-hybridized carbons (Fsp3) is 0.526. The number of nitrogens with zero attached hydrogens (tertiary/aromatic N) is 2. The van der Waals surface area contributed by atoms with Gasteiger partial charge in [0.2, 0.25) is 0 Å². The monoisotopic (exact) mass is 470 g/mol. The van der Waals surface area contributed by atoms with Crippen molar-refractivity contribution >= 4 is 41.8 Å². The van der Waals surface area contributed by atoms with E-state index in [-0.39, 0.29) is 35.8 Å². The maximum absolute atomic E-state index is 12.2. The van der Waals surface area contributed by atoms with Crippen LogP contribution in [0.3, 0.4) is 0 Å². The smallest absolute Gasteiger partial charge is 0.261 e. The number of halogens is 1. The second-order valence-corrected chi connectivity index (χ2v) is 6.76. The van der Waals surface area contributed by atoms with Gasteiger partial charge in [-0.1, -0.05) is 31.4 Å². The second-order valence-electron chi connectivity index (χ2n) is 6.76. The lowest BCUT2D eigenvalue weighted by Gasteiger charge is -2.23. The number of nitrogens with two attached hydrogens (primary N) is 1. The standard InChI is InChI=1S/C19H26N4O2.HI/c20-19(22-14-8-2-1-3-9-14)21-12-6-7-13-23-17(24)15-10-4-5-11-16(15)18(23)25;/h4-5,10-11,14H,1-3,6-9,12-13H2,(H3,20,21,22);1H. The van der Waals surface area contributed by atoms with Crippen LogP contribution in [-0.2, 0) is 0 Å². The molecule has 1 aromatic rings. The van der Waals surface area contributed by atoms with Gasteiger partial charge in [-0.05, 0) is 37.8 Å². The highest BCUT2D eigenvalue weighted by Gasteiger charge is 2.34. The lowest BCUT2D eigenvalue weighted by Crippen LogP contribution is -2.41. The number of unbranched alkanes of at least 4 members (excludes halogenated alkanes) is 1. The van der Waals surface area contributed by atoms with E-state index >= 15 is 0 Å². The molecular formula is C19H27IN4O2. The first-order valence-corrected chi connectivity index (χ1v) is 9.18. The molecule has 26 heavy (non-hydrogen) atoms. The van der Waals surface area contributed by atoms with E-state index in [1.807, 2.05) is 0 Å². The van der Waals surface area contributed by atoms with E-state index in [2.05, 4.69) is 10.3 Å². The highest BCUT2D eigenvalue weighted by atomic mass is 127. The summed E-state index contributed by atoms with van der Waals surface area (Å²) in [5, 5.41) is 3.29. The van der Waals surface area contributed by atoms with Gasteiger partial charge in [-0.3, -0.25) is 19.5 Å². The van der Waals surface area contributed by atoms with Crippen LogP contribution in [-0.4, -0.2) is 41.8 Å². The van der Waals surface area contributed by atoms with Crippen molar-refractivity contribution in [1.82, 2.24) is 10.2 Å². The average Bonchev–Trinajstić information content (AvgIpc) is 2.87. The number of fused-ring (bicyclic) bond motifs is 1. The van der Waals surface area contributed by atoms with Gasteiger partial charge in [0.1, 0.15) is 0 Å². The van der Waals surface area contributed by atoms with Crippen molar-refractivity contribution in [3.05, 3.63) is 35.4 Å². The number of hydrogen-bond acceptors (Lipinski definition) is 3. The Morgan fingerprint density at radius 3 is 2.31 bits per heavy atom. The molecule has 0 aromatic heterocycles. The predicted molar refractivity (Wildman–Crippen MR) is 113 cm³/mol. The summed E-state index contributed by atoms with van der Waals surface area (Å²) in [5.41, 5.74) is 6.94. The predicted octanol–water partition coefficient (Wildman–Crippen LogP) is 2.92. The average molecular weight is 470 g/mol. The summed E-state index contributed by atoms with van der Waals surface area (Å²) in [4.78, 5) is 30.2. The molecule has 1 fully saturated rings. The van der Waals surface area contributed by atoms with Crippen molar-refractivity contribution in [2.24, 2.45) is 10.7 Å². The normalized spacial score (nSPS) is 17.8. The summed E-state index contributed by atoms with van der Waals surface area (Å²) in [7, 11) is 0. The Morgan fingerprint density at radius 1 is 1.08 bits per heavy atom. The number of carbonyl (C=O) groups is 2. The quantitative estimate of drug-likeness (QED) is 0.220. The van der Waals surface area contributed by atoms with Crippen LogP contribution in [0.15, 0.2) is 29.3 Å². The van der Waals surface area contributed by atoms with Gasteiger partial charge in [0.15, 0.2) is 5.96 Å². The molecule has 1 saturated carbocycles. The number of nitrogens with one attached hydrogen (secondary N) is 1. The summed E-state index contributed by atoms with van der Waals surface area (Å²) >= 11 is 0. The van der Waals surface area contributed by atoms with Crippen molar-refractivity contribution in [2.75, 3.05) is 13.1 Å². The summed E-state index contributed by atoms with van der Waals surface area (Å²) in [6.07, 6.45) is 7.67. The molecule has 3 N–H and O–H groups in total. The molecule has 7 heteroatoms. The molecule has 2 amide bonds. The zero-order valence-electron chi connectivity index (χ0n) is 14.9. The van der Waals surface area contributed by atoms with Crippen LogP contribution in [0.25, 0.3) is 0 Å². The summed E-state index contributed by atoms with van der Waals surface area (Å²) in [6, 6.07) is 7.43. The van der Waals surface area contributed by atoms with Crippen LogP contribution in [0.4, 0.5) is 0 Å². The number of imide groups is 1. The van der Waals surface area contributed by atoms with Gasteiger partial charge in [-0.2, -0.15) is 0 Å². The van der Waals surface area contributed by atoms with Crippen molar-refractivity contribution in [2.45, 2.75) is 51.0 Å². The summed E-state index contributed by atoms with van der Waals surface area (Å²) in [5.74, 6) is 0.123. The van der Waals surface area contributed by atoms with Crippen LogP contribution in [0.1, 0.15) is 65.7 Å². The van der Waals surface area contributed by atoms with Crippen LogP contribution >= 0.6 is 24.0 Å². The number of aliphatic imine (C=N–C) groups is 1. The molecule has 2 aliphatic rings. The molecule has 0 saturated heterocycles. The molecule has 0 atom stereocenters. The van der Waals surface area contributed by atoms with Gasteiger partial charge in [0.25, 0.3) is 11.8 Å². The maximum Gasteiger partial charge on any atom is 0.261 e. The molecule has 0 bridgehead atoms. The number of rotatable bonds is 6. The zero-order chi connectivity index (χ0) is 17.6. The first-order chi connectivity index (χ1) is 12.2. The van der Waals surface area contributed by atoms with Crippen molar-refractivity contribution in [3.63, 3.8) is 0 Å².